The number of nitrogens with one attached hydrogen (secondary N) is 3. The van der Waals surface area contributed by atoms with Crippen molar-refractivity contribution in [2.75, 3.05) is 26.7 Å². The minimum absolute atomic E-state index is 0. The Labute approximate surface area is 160 Å². The number of rotatable bonds is 7. The Morgan fingerprint density at radius 1 is 1.25 bits per heavy atom. The van der Waals surface area contributed by atoms with Gasteiger partial charge in [-0.05, 0) is 18.1 Å². The predicted octanol–water partition coefficient (Wildman–Crippen LogP) is 1.69. The molecule has 1 aromatic rings. The van der Waals surface area contributed by atoms with E-state index in [-0.39, 0.29) is 36.0 Å². The van der Waals surface area contributed by atoms with Crippen LogP contribution >= 0.6 is 24.0 Å². The van der Waals surface area contributed by atoms with Gasteiger partial charge in [-0.3, -0.25) is 9.79 Å². The monoisotopic (exact) mass is 446 g/mol. The van der Waals surface area contributed by atoms with Gasteiger partial charge in [0.2, 0.25) is 5.91 Å². The molecular weight excluding hydrogens is 419 g/mol. The molecule has 3 N–H and O–H groups in total. The molecule has 0 spiro atoms. The number of carbonyl (C=O) groups excluding carboxylic acids is 1. The standard InChI is InChI=1S/C17H26N4O2.HI/c1-3-9-19-16(22)8-10-20-17(18-2)21-12-14-11-13-6-4-5-7-15(13)23-14;/h4-7,14H,3,8-12H2,1-2H3,(H,19,22)(H2,18,20,21);1H. The van der Waals surface area contributed by atoms with Crippen LogP contribution in [0, 0.1) is 0 Å². The first-order chi connectivity index (χ1) is 11.2. The molecule has 1 unspecified atom stereocenters. The van der Waals surface area contributed by atoms with E-state index >= 15 is 0 Å². The highest BCUT2D eigenvalue weighted by Gasteiger charge is 2.22. The van der Waals surface area contributed by atoms with Crippen LogP contribution in [0.15, 0.2) is 29.3 Å². The van der Waals surface area contributed by atoms with Crippen LogP contribution in [0.1, 0.15) is 25.3 Å². The van der Waals surface area contributed by atoms with Gasteiger partial charge in [0.25, 0.3) is 0 Å². The lowest BCUT2D eigenvalue weighted by Crippen LogP contribution is -2.43. The van der Waals surface area contributed by atoms with E-state index in [0.29, 0.717) is 25.5 Å². The van der Waals surface area contributed by atoms with Crippen molar-refractivity contribution in [2.24, 2.45) is 4.99 Å². The molecule has 1 aromatic carbocycles. The van der Waals surface area contributed by atoms with E-state index in [9.17, 15) is 4.79 Å². The molecule has 7 heteroatoms. The van der Waals surface area contributed by atoms with Gasteiger partial charge in [0.1, 0.15) is 11.9 Å². The van der Waals surface area contributed by atoms with Gasteiger partial charge in [-0.25, -0.2) is 0 Å². The molecule has 2 rings (SSSR count). The van der Waals surface area contributed by atoms with Gasteiger partial charge >= 0.3 is 0 Å². The topological polar surface area (TPSA) is 74.8 Å². The molecule has 1 amide bonds. The number of halogens is 1. The van der Waals surface area contributed by atoms with E-state index in [2.05, 4.69) is 27.0 Å². The van der Waals surface area contributed by atoms with Gasteiger partial charge in [0.05, 0.1) is 6.54 Å². The molecule has 1 aliphatic rings. The fraction of sp³-hybridized carbons (Fsp3) is 0.529. The van der Waals surface area contributed by atoms with Gasteiger partial charge in [-0.15, -0.1) is 24.0 Å². The van der Waals surface area contributed by atoms with Crippen molar-refractivity contribution in [3.63, 3.8) is 0 Å². The van der Waals surface area contributed by atoms with E-state index in [1.165, 1.54) is 5.56 Å². The third kappa shape index (κ3) is 6.54. The molecular formula is C17H27IN4O2. The first kappa shape index (κ1) is 20.5. The van der Waals surface area contributed by atoms with Crippen molar-refractivity contribution in [1.82, 2.24) is 16.0 Å². The number of hydrogen-bond acceptors (Lipinski definition) is 3. The average Bonchev–Trinajstić information content (AvgIpc) is 2.98. The number of carbonyl (C=O) groups is 1. The summed E-state index contributed by atoms with van der Waals surface area (Å²) in [5.41, 5.74) is 1.25. The zero-order chi connectivity index (χ0) is 16.5. The second-order valence-electron chi connectivity index (χ2n) is 5.53. The van der Waals surface area contributed by atoms with Crippen LogP contribution in [0.2, 0.25) is 0 Å². The lowest BCUT2D eigenvalue weighted by atomic mass is 10.1. The number of fused-ring (bicyclic) bond motifs is 1. The number of guanidine groups is 1. The molecule has 0 bridgehead atoms. The first-order valence-electron chi connectivity index (χ1n) is 8.18. The molecule has 0 fully saturated rings. The lowest BCUT2D eigenvalue weighted by molar-refractivity contribution is -0.120. The van der Waals surface area contributed by atoms with Crippen LogP contribution in [-0.2, 0) is 11.2 Å². The van der Waals surface area contributed by atoms with Gasteiger partial charge in [0.15, 0.2) is 5.96 Å². The second-order valence-corrected chi connectivity index (χ2v) is 5.53. The molecule has 0 saturated carbocycles. The Balaban J connectivity index is 0.00000288. The minimum Gasteiger partial charge on any atom is -0.488 e. The summed E-state index contributed by atoms with van der Waals surface area (Å²) >= 11 is 0. The van der Waals surface area contributed by atoms with Crippen molar-refractivity contribution < 1.29 is 9.53 Å². The van der Waals surface area contributed by atoms with E-state index in [4.69, 9.17) is 4.74 Å². The van der Waals surface area contributed by atoms with Gasteiger partial charge < -0.3 is 20.7 Å². The number of para-hydroxylation sites is 1. The molecule has 24 heavy (non-hydrogen) atoms. The first-order valence-corrected chi connectivity index (χ1v) is 8.18. The Hall–Kier alpha value is -1.51. The van der Waals surface area contributed by atoms with E-state index in [1.807, 2.05) is 25.1 Å². The van der Waals surface area contributed by atoms with Crippen LogP contribution in [0.25, 0.3) is 0 Å². The molecule has 134 valence electrons. The average molecular weight is 446 g/mol. The Morgan fingerprint density at radius 2 is 2.04 bits per heavy atom. The zero-order valence-electron chi connectivity index (χ0n) is 14.3. The summed E-state index contributed by atoms with van der Waals surface area (Å²) < 4.78 is 5.88. The zero-order valence-corrected chi connectivity index (χ0v) is 16.6. The quantitative estimate of drug-likeness (QED) is 0.339. The summed E-state index contributed by atoms with van der Waals surface area (Å²) in [5, 5.41) is 9.24. The van der Waals surface area contributed by atoms with Crippen LogP contribution in [0.3, 0.4) is 0 Å². The summed E-state index contributed by atoms with van der Waals surface area (Å²) in [6.07, 6.45) is 2.40. The van der Waals surface area contributed by atoms with E-state index < -0.39 is 0 Å². The van der Waals surface area contributed by atoms with Gasteiger partial charge in [-0.1, -0.05) is 25.1 Å². The normalized spacial score (nSPS) is 15.8. The third-order valence-corrected chi connectivity index (χ3v) is 3.65. The summed E-state index contributed by atoms with van der Waals surface area (Å²) in [6, 6.07) is 8.11. The fourth-order valence-electron chi connectivity index (χ4n) is 2.45. The van der Waals surface area contributed by atoms with E-state index in [0.717, 1.165) is 25.1 Å². The third-order valence-electron chi connectivity index (χ3n) is 3.65. The Morgan fingerprint density at radius 3 is 2.75 bits per heavy atom. The van der Waals surface area contributed by atoms with Crippen molar-refractivity contribution >= 4 is 35.8 Å². The number of aliphatic imine (C=N–C) groups is 1. The van der Waals surface area contributed by atoms with Crippen LogP contribution in [0.5, 0.6) is 5.75 Å². The molecule has 0 saturated heterocycles. The highest BCUT2D eigenvalue weighted by atomic mass is 127. The molecule has 0 radical (unpaired) electrons. The maximum atomic E-state index is 11.5. The Bertz CT molecular complexity index is 526. The number of hydrogen-bond donors (Lipinski definition) is 3. The smallest absolute Gasteiger partial charge is 0.221 e. The highest BCUT2D eigenvalue weighted by Crippen LogP contribution is 2.27. The summed E-state index contributed by atoms with van der Waals surface area (Å²) in [5.74, 6) is 1.71. The van der Waals surface area contributed by atoms with Gasteiger partial charge in [0, 0.05) is 33.0 Å². The Kier molecular flexibility index (Phi) is 9.51. The minimum atomic E-state index is 0. The summed E-state index contributed by atoms with van der Waals surface area (Å²) in [7, 11) is 1.72. The van der Waals surface area contributed by atoms with Crippen LogP contribution < -0.4 is 20.7 Å². The molecule has 1 heterocycles. The fourth-order valence-corrected chi connectivity index (χ4v) is 2.45. The maximum absolute atomic E-state index is 11.5. The van der Waals surface area contributed by atoms with Crippen molar-refractivity contribution in [3.05, 3.63) is 29.8 Å². The number of ether oxygens (including phenoxy) is 1. The molecule has 6 nitrogen and oxygen atoms in total. The van der Waals surface area contributed by atoms with Gasteiger partial charge in [-0.2, -0.15) is 0 Å². The molecule has 0 aromatic heterocycles. The van der Waals surface area contributed by atoms with Crippen molar-refractivity contribution in [3.8, 4) is 5.75 Å². The van der Waals surface area contributed by atoms with Crippen molar-refractivity contribution in [2.45, 2.75) is 32.3 Å². The number of nitrogens with zero attached hydrogens (tertiary/aromatic N) is 1. The van der Waals surface area contributed by atoms with Crippen LogP contribution in [-0.4, -0.2) is 44.7 Å². The van der Waals surface area contributed by atoms with Crippen LogP contribution in [0.4, 0.5) is 0 Å². The maximum Gasteiger partial charge on any atom is 0.221 e. The summed E-state index contributed by atoms with van der Waals surface area (Å²) in [6.45, 7) is 4.00. The molecule has 1 aliphatic heterocycles. The summed E-state index contributed by atoms with van der Waals surface area (Å²) in [4.78, 5) is 15.7. The van der Waals surface area contributed by atoms with Crippen molar-refractivity contribution in [1.29, 1.82) is 0 Å². The molecule has 1 atom stereocenters. The number of amides is 1. The van der Waals surface area contributed by atoms with E-state index in [1.54, 1.807) is 7.05 Å². The lowest BCUT2D eigenvalue weighted by Gasteiger charge is -2.15. The second kappa shape index (κ2) is 11.1. The molecule has 0 aliphatic carbocycles. The highest BCUT2D eigenvalue weighted by molar-refractivity contribution is 14.0. The predicted molar refractivity (Wildman–Crippen MR) is 107 cm³/mol. The SMILES string of the molecule is CCCNC(=O)CCNC(=NC)NCC1Cc2ccccc2O1.I. The largest absolute Gasteiger partial charge is 0.488 e. The number of benzene rings is 1.